The molecule has 1 rings (SSSR count). The lowest BCUT2D eigenvalue weighted by atomic mass is 9.93. The molecular weight excluding hydrogens is 194 g/mol. The van der Waals surface area contributed by atoms with Gasteiger partial charge >= 0.3 is 0 Å². The van der Waals surface area contributed by atoms with Crippen LogP contribution in [0.3, 0.4) is 0 Å². The van der Waals surface area contributed by atoms with E-state index in [4.69, 9.17) is 0 Å². The second-order valence-corrected chi connectivity index (χ2v) is 4.61. The molecule has 0 radical (unpaired) electrons. The van der Waals surface area contributed by atoms with E-state index >= 15 is 0 Å². The number of hydrogen-bond donors (Lipinski definition) is 1. The molecule has 90 valence electrons. The summed E-state index contributed by atoms with van der Waals surface area (Å²) in [5.74, 6) is 0.814. The summed E-state index contributed by atoms with van der Waals surface area (Å²) in [4.78, 5) is 0. The van der Waals surface area contributed by atoms with Crippen molar-refractivity contribution in [1.82, 2.24) is 5.32 Å². The molecular formula is C15H25N. The van der Waals surface area contributed by atoms with Crippen molar-refractivity contribution in [3.8, 4) is 0 Å². The summed E-state index contributed by atoms with van der Waals surface area (Å²) in [6, 6.07) is 11.3. The zero-order valence-electron chi connectivity index (χ0n) is 10.9. The summed E-state index contributed by atoms with van der Waals surface area (Å²) >= 11 is 0. The maximum atomic E-state index is 3.63. The number of benzene rings is 1. The number of rotatable bonds is 7. The van der Waals surface area contributed by atoms with Gasteiger partial charge in [0.15, 0.2) is 0 Å². The maximum absolute atomic E-state index is 3.63. The summed E-state index contributed by atoms with van der Waals surface area (Å²) in [5.41, 5.74) is 1.38. The van der Waals surface area contributed by atoms with Gasteiger partial charge in [0.25, 0.3) is 0 Å². The van der Waals surface area contributed by atoms with E-state index in [9.17, 15) is 0 Å². The first-order valence-electron chi connectivity index (χ1n) is 6.55. The summed E-state index contributed by atoms with van der Waals surface area (Å²) < 4.78 is 0. The number of nitrogens with one attached hydrogen (secondary N) is 1. The third kappa shape index (κ3) is 4.36. The Balaban J connectivity index is 2.36. The SMILES string of the molecule is CCCC(CC)C(C)NCc1ccccc1. The Bertz CT molecular complexity index is 268. The van der Waals surface area contributed by atoms with Crippen molar-refractivity contribution in [1.29, 1.82) is 0 Å². The second kappa shape index (κ2) is 7.45. The smallest absolute Gasteiger partial charge is 0.0208 e. The van der Waals surface area contributed by atoms with Crippen LogP contribution in [0.5, 0.6) is 0 Å². The Morgan fingerprint density at radius 3 is 2.38 bits per heavy atom. The van der Waals surface area contributed by atoms with Crippen LogP contribution in [0, 0.1) is 5.92 Å². The fourth-order valence-corrected chi connectivity index (χ4v) is 2.22. The maximum Gasteiger partial charge on any atom is 0.0208 e. The Labute approximate surface area is 100 Å². The van der Waals surface area contributed by atoms with E-state index in [0.29, 0.717) is 6.04 Å². The van der Waals surface area contributed by atoms with Crippen LogP contribution in [0.1, 0.15) is 45.6 Å². The standard InChI is InChI=1S/C15H25N/c1-4-9-15(5-2)13(3)16-12-14-10-7-6-8-11-14/h6-8,10-11,13,15-16H,4-5,9,12H2,1-3H3. The van der Waals surface area contributed by atoms with Crippen molar-refractivity contribution in [2.24, 2.45) is 5.92 Å². The van der Waals surface area contributed by atoms with Crippen molar-refractivity contribution in [2.75, 3.05) is 0 Å². The van der Waals surface area contributed by atoms with Gasteiger partial charge in [0, 0.05) is 12.6 Å². The molecule has 2 atom stereocenters. The summed E-state index contributed by atoms with van der Waals surface area (Å²) in [5, 5.41) is 3.63. The Kier molecular flexibility index (Phi) is 6.17. The summed E-state index contributed by atoms with van der Waals surface area (Å²) in [7, 11) is 0. The Morgan fingerprint density at radius 1 is 1.12 bits per heavy atom. The lowest BCUT2D eigenvalue weighted by Gasteiger charge is -2.23. The predicted octanol–water partition coefficient (Wildman–Crippen LogP) is 3.99. The molecule has 0 saturated heterocycles. The third-order valence-corrected chi connectivity index (χ3v) is 3.36. The molecule has 1 nitrogen and oxygen atoms in total. The van der Waals surface area contributed by atoms with E-state index in [0.717, 1.165) is 12.5 Å². The first-order chi connectivity index (χ1) is 7.77. The van der Waals surface area contributed by atoms with Gasteiger partial charge in [-0.25, -0.2) is 0 Å². The molecule has 0 heterocycles. The van der Waals surface area contributed by atoms with Gasteiger partial charge < -0.3 is 5.32 Å². The third-order valence-electron chi connectivity index (χ3n) is 3.36. The van der Waals surface area contributed by atoms with Gasteiger partial charge in [-0.3, -0.25) is 0 Å². The molecule has 0 bridgehead atoms. The van der Waals surface area contributed by atoms with E-state index < -0.39 is 0 Å². The van der Waals surface area contributed by atoms with E-state index in [-0.39, 0.29) is 0 Å². The molecule has 16 heavy (non-hydrogen) atoms. The van der Waals surface area contributed by atoms with Gasteiger partial charge in [-0.05, 0) is 24.8 Å². The molecule has 0 aliphatic carbocycles. The summed E-state index contributed by atoms with van der Waals surface area (Å²) in [6.45, 7) is 7.86. The fraction of sp³-hybridized carbons (Fsp3) is 0.600. The highest BCUT2D eigenvalue weighted by molar-refractivity contribution is 5.14. The van der Waals surface area contributed by atoms with Crippen LogP contribution < -0.4 is 5.32 Å². The van der Waals surface area contributed by atoms with E-state index in [1.165, 1.54) is 24.8 Å². The minimum atomic E-state index is 0.616. The highest BCUT2D eigenvalue weighted by Crippen LogP contribution is 2.15. The molecule has 0 amide bonds. The zero-order chi connectivity index (χ0) is 11.8. The van der Waals surface area contributed by atoms with Crippen LogP contribution >= 0.6 is 0 Å². The van der Waals surface area contributed by atoms with Gasteiger partial charge in [0.2, 0.25) is 0 Å². The van der Waals surface area contributed by atoms with Crippen molar-refractivity contribution in [2.45, 2.75) is 52.6 Å². The Hall–Kier alpha value is -0.820. The minimum absolute atomic E-state index is 0.616. The van der Waals surface area contributed by atoms with Crippen LogP contribution in [0.4, 0.5) is 0 Å². The van der Waals surface area contributed by atoms with Crippen molar-refractivity contribution in [3.63, 3.8) is 0 Å². The second-order valence-electron chi connectivity index (χ2n) is 4.61. The lowest BCUT2D eigenvalue weighted by Crippen LogP contribution is -2.32. The highest BCUT2D eigenvalue weighted by atomic mass is 14.9. The number of hydrogen-bond acceptors (Lipinski definition) is 1. The van der Waals surface area contributed by atoms with Gasteiger partial charge in [-0.2, -0.15) is 0 Å². The average Bonchev–Trinajstić information content (AvgIpc) is 2.34. The van der Waals surface area contributed by atoms with E-state index in [1.807, 2.05) is 0 Å². The molecule has 1 heteroatoms. The molecule has 0 fully saturated rings. The van der Waals surface area contributed by atoms with Gasteiger partial charge in [-0.1, -0.05) is 57.0 Å². The van der Waals surface area contributed by atoms with Crippen molar-refractivity contribution in [3.05, 3.63) is 35.9 Å². The molecule has 1 N–H and O–H groups in total. The average molecular weight is 219 g/mol. The van der Waals surface area contributed by atoms with Crippen LogP contribution in [-0.4, -0.2) is 6.04 Å². The molecule has 0 aliphatic rings. The van der Waals surface area contributed by atoms with Crippen molar-refractivity contribution >= 4 is 0 Å². The van der Waals surface area contributed by atoms with E-state index in [2.05, 4.69) is 56.4 Å². The minimum Gasteiger partial charge on any atom is -0.310 e. The lowest BCUT2D eigenvalue weighted by molar-refractivity contribution is 0.339. The molecule has 0 aliphatic heterocycles. The fourth-order valence-electron chi connectivity index (χ4n) is 2.22. The van der Waals surface area contributed by atoms with Crippen LogP contribution in [0.25, 0.3) is 0 Å². The quantitative estimate of drug-likeness (QED) is 0.731. The molecule has 0 spiro atoms. The molecule has 0 saturated carbocycles. The van der Waals surface area contributed by atoms with Crippen LogP contribution in [0.2, 0.25) is 0 Å². The van der Waals surface area contributed by atoms with Crippen LogP contribution in [-0.2, 0) is 6.54 Å². The van der Waals surface area contributed by atoms with Gasteiger partial charge in [0.05, 0.1) is 0 Å². The summed E-state index contributed by atoms with van der Waals surface area (Å²) in [6.07, 6.45) is 3.89. The normalized spacial score (nSPS) is 14.7. The van der Waals surface area contributed by atoms with Crippen molar-refractivity contribution < 1.29 is 0 Å². The molecule has 0 aromatic heterocycles. The molecule has 1 aromatic rings. The first-order valence-corrected chi connectivity index (χ1v) is 6.55. The first kappa shape index (κ1) is 13.2. The Morgan fingerprint density at radius 2 is 1.81 bits per heavy atom. The molecule has 2 unspecified atom stereocenters. The molecule has 1 aromatic carbocycles. The van der Waals surface area contributed by atoms with Gasteiger partial charge in [-0.15, -0.1) is 0 Å². The largest absolute Gasteiger partial charge is 0.310 e. The monoisotopic (exact) mass is 219 g/mol. The predicted molar refractivity (Wildman–Crippen MR) is 71.4 cm³/mol. The van der Waals surface area contributed by atoms with Gasteiger partial charge in [0.1, 0.15) is 0 Å². The topological polar surface area (TPSA) is 12.0 Å². The van der Waals surface area contributed by atoms with Crippen LogP contribution in [0.15, 0.2) is 30.3 Å². The zero-order valence-corrected chi connectivity index (χ0v) is 10.9. The highest BCUT2D eigenvalue weighted by Gasteiger charge is 2.13. The van der Waals surface area contributed by atoms with E-state index in [1.54, 1.807) is 0 Å².